The molecule has 0 spiro atoms. The van der Waals surface area contributed by atoms with Gasteiger partial charge >= 0.3 is 0 Å². The zero-order valence-corrected chi connectivity index (χ0v) is 15.2. The molecule has 0 N–H and O–H groups in total. The number of carbonyl (C=O) groups excluding carboxylic acids is 2. The Morgan fingerprint density at radius 2 is 1.48 bits per heavy atom. The predicted octanol–water partition coefficient (Wildman–Crippen LogP) is 3.36. The fourth-order valence-electron chi connectivity index (χ4n) is 2.01. The van der Waals surface area contributed by atoms with E-state index < -0.39 is 0 Å². The Kier molecular flexibility index (Phi) is 7.53. The molecule has 0 unspecified atom stereocenters. The fraction of sp³-hybridized carbons (Fsp3) is 0.176. The molecule has 0 saturated carbocycles. The Labute approximate surface area is 148 Å². The van der Waals surface area contributed by atoms with Crippen LogP contribution in [0.4, 0.5) is 0 Å². The van der Waals surface area contributed by atoms with E-state index in [2.05, 4.69) is 22.6 Å². The molecule has 0 bridgehead atoms. The van der Waals surface area contributed by atoms with Crippen molar-refractivity contribution < 1.29 is 23.8 Å². The number of halogens is 1. The summed E-state index contributed by atoms with van der Waals surface area (Å²) in [5.41, 5.74) is 1.11. The quantitative estimate of drug-likeness (QED) is 0.540. The molecule has 122 valence electrons. The van der Waals surface area contributed by atoms with Crippen LogP contribution in [-0.2, 0) is 4.79 Å². The van der Waals surface area contributed by atoms with Gasteiger partial charge in [-0.2, -0.15) is 0 Å². The van der Waals surface area contributed by atoms with Gasteiger partial charge in [0.15, 0.2) is 17.3 Å². The Morgan fingerprint density at radius 3 is 1.91 bits per heavy atom. The highest BCUT2D eigenvalue weighted by atomic mass is 127. The molecule has 2 aromatic rings. The van der Waals surface area contributed by atoms with Gasteiger partial charge in [0.25, 0.3) is 0 Å². The topological polar surface area (TPSA) is 61.8 Å². The average Bonchev–Trinajstić information content (AvgIpc) is 2.61. The Balaban J connectivity index is 0.00000127. The highest BCUT2D eigenvalue weighted by Crippen LogP contribution is 2.38. The molecule has 0 atom stereocenters. The summed E-state index contributed by atoms with van der Waals surface area (Å²) >= 11 is 2.18. The van der Waals surface area contributed by atoms with Gasteiger partial charge in [0.05, 0.1) is 21.3 Å². The van der Waals surface area contributed by atoms with Gasteiger partial charge < -0.3 is 19.0 Å². The number of benzene rings is 2. The molecule has 0 amide bonds. The summed E-state index contributed by atoms with van der Waals surface area (Å²) in [6, 6.07) is 10.7. The molecule has 0 radical (unpaired) electrons. The molecular formula is C17H17IO5. The van der Waals surface area contributed by atoms with Crippen LogP contribution in [-0.4, -0.2) is 33.9 Å². The van der Waals surface area contributed by atoms with Crippen LogP contribution >= 0.6 is 22.6 Å². The van der Waals surface area contributed by atoms with Gasteiger partial charge in [0, 0.05) is 14.7 Å². The first-order chi connectivity index (χ1) is 11.1. The van der Waals surface area contributed by atoms with Gasteiger partial charge in [0.1, 0.15) is 6.79 Å². The van der Waals surface area contributed by atoms with E-state index in [4.69, 9.17) is 19.0 Å². The summed E-state index contributed by atoms with van der Waals surface area (Å²) in [5, 5.41) is 0. The first-order valence-corrected chi connectivity index (χ1v) is 7.57. The largest absolute Gasteiger partial charge is 0.493 e. The number of hydrogen-bond donors (Lipinski definition) is 0. The maximum Gasteiger partial charge on any atom is 0.203 e. The maximum atomic E-state index is 12.6. The number of hydrogen-bond acceptors (Lipinski definition) is 5. The summed E-state index contributed by atoms with van der Waals surface area (Å²) < 4.78 is 16.8. The van der Waals surface area contributed by atoms with Crippen LogP contribution in [0.2, 0.25) is 0 Å². The fourth-order valence-corrected chi connectivity index (χ4v) is 2.55. The van der Waals surface area contributed by atoms with E-state index in [9.17, 15) is 4.79 Å². The summed E-state index contributed by atoms with van der Waals surface area (Å²) in [7, 11) is 4.58. The second-order valence-electron chi connectivity index (χ2n) is 4.25. The van der Waals surface area contributed by atoms with Crippen molar-refractivity contribution in [1.82, 2.24) is 0 Å². The van der Waals surface area contributed by atoms with Crippen LogP contribution in [0, 0.1) is 3.57 Å². The molecule has 0 fully saturated rings. The minimum Gasteiger partial charge on any atom is -0.493 e. The van der Waals surface area contributed by atoms with E-state index in [1.807, 2.05) is 25.0 Å². The Morgan fingerprint density at radius 1 is 0.913 bits per heavy atom. The number of rotatable bonds is 5. The molecule has 0 aliphatic carbocycles. The van der Waals surface area contributed by atoms with Crippen molar-refractivity contribution in [3.63, 3.8) is 0 Å². The lowest BCUT2D eigenvalue weighted by molar-refractivity contribution is -0.0980. The number of ether oxygens (including phenoxy) is 3. The molecular weight excluding hydrogens is 411 g/mol. The molecule has 0 aliphatic heterocycles. The van der Waals surface area contributed by atoms with Crippen molar-refractivity contribution in [3.05, 3.63) is 51.1 Å². The summed E-state index contributed by atoms with van der Waals surface area (Å²) in [4.78, 5) is 20.6. The third-order valence-electron chi connectivity index (χ3n) is 3.01. The van der Waals surface area contributed by atoms with E-state index >= 15 is 0 Å². The zero-order valence-electron chi connectivity index (χ0n) is 13.1. The van der Waals surface area contributed by atoms with Crippen molar-refractivity contribution in [1.29, 1.82) is 0 Å². The van der Waals surface area contributed by atoms with Crippen molar-refractivity contribution in [3.8, 4) is 17.2 Å². The SMILES string of the molecule is C=O.COc1cc(C(=O)c2cccc(I)c2)cc(OC)c1OC. The molecule has 0 aliphatic rings. The van der Waals surface area contributed by atoms with Crippen LogP contribution < -0.4 is 14.2 Å². The lowest BCUT2D eigenvalue weighted by atomic mass is 10.0. The van der Waals surface area contributed by atoms with Crippen molar-refractivity contribution in [2.75, 3.05) is 21.3 Å². The molecule has 2 rings (SSSR count). The highest BCUT2D eigenvalue weighted by Gasteiger charge is 2.18. The maximum absolute atomic E-state index is 12.6. The Hall–Kier alpha value is -2.09. The number of ketones is 1. The van der Waals surface area contributed by atoms with E-state index in [1.165, 1.54) is 21.3 Å². The molecule has 0 heterocycles. The zero-order chi connectivity index (χ0) is 17.4. The van der Waals surface area contributed by atoms with E-state index in [1.54, 1.807) is 18.2 Å². The molecule has 0 saturated heterocycles. The van der Waals surface area contributed by atoms with Crippen LogP contribution in [0.25, 0.3) is 0 Å². The van der Waals surface area contributed by atoms with Crippen LogP contribution in [0.5, 0.6) is 17.2 Å². The average molecular weight is 428 g/mol. The Bertz CT molecular complexity index is 659. The van der Waals surface area contributed by atoms with E-state index in [0.29, 0.717) is 28.4 Å². The minimum absolute atomic E-state index is 0.0900. The van der Waals surface area contributed by atoms with Crippen molar-refractivity contribution in [2.45, 2.75) is 0 Å². The lowest BCUT2D eigenvalue weighted by Crippen LogP contribution is -2.04. The van der Waals surface area contributed by atoms with Crippen LogP contribution in [0.15, 0.2) is 36.4 Å². The van der Waals surface area contributed by atoms with E-state index in [0.717, 1.165) is 3.57 Å². The predicted molar refractivity (Wildman–Crippen MR) is 95.8 cm³/mol. The van der Waals surface area contributed by atoms with Gasteiger partial charge in [-0.25, -0.2) is 0 Å². The smallest absolute Gasteiger partial charge is 0.203 e. The monoisotopic (exact) mass is 428 g/mol. The molecule has 2 aromatic carbocycles. The van der Waals surface area contributed by atoms with Gasteiger partial charge in [-0.1, -0.05) is 12.1 Å². The summed E-state index contributed by atoms with van der Waals surface area (Å²) in [5.74, 6) is 1.31. The van der Waals surface area contributed by atoms with Gasteiger partial charge in [0.2, 0.25) is 5.75 Å². The highest BCUT2D eigenvalue weighted by molar-refractivity contribution is 14.1. The van der Waals surface area contributed by atoms with E-state index in [-0.39, 0.29) is 5.78 Å². The number of carbonyl (C=O) groups is 2. The summed E-state index contributed by atoms with van der Waals surface area (Å²) in [6.45, 7) is 2.00. The first-order valence-electron chi connectivity index (χ1n) is 6.49. The minimum atomic E-state index is -0.0900. The normalized spacial score (nSPS) is 9.39. The van der Waals surface area contributed by atoms with Gasteiger partial charge in [-0.3, -0.25) is 4.79 Å². The third kappa shape index (κ3) is 4.44. The second-order valence-corrected chi connectivity index (χ2v) is 5.50. The van der Waals surface area contributed by atoms with Gasteiger partial charge in [-0.15, -0.1) is 0 Å². The van der Waals surface area contributed by atoms with Crippen molar-refractivity contribution >= 4 is 35.2 Å². The van der Waals surface area contributed by atoms with Crippen molar-refractivity contribution in [2.24, 2.45) is 0 Å². The van der Waals surface area contributed by atoms with Crippen LogP contribution in [0.1, 0.15) is 15.9 Å². The molecule has 0 aromatic heterocycles. The summed E-state index contributed by atoms with van der Waals surface area (Å²) in [6.07, 6.45) is 0. The molecule has 5 nitrogen and oxygen atoms in total. The molecule has 6 heteroatoms. The lowest BCUT2D eigenvalue weighted by Gasteiger charge is -2.13. The van der Waals surface area contributed by atoms with Crippen LogP contribution in [0.3, 0.4) is 0 Å². The first kappa shape index (κ1) is 19.0. The third-order valence-corrected chi connectivity index (χ3v) is 3.68. The standard InChI is InChI=1S/C16H15IO4.CH2O/c1-19-13-8-11(9-14(20-2)16(13)21-3)15(18)10-5-4-6-12(17)7-10;1-2/h4-9H,1-3H3;1H2. The number of methoxy groups -OCH3 is 3. The van der Waals surface area contributed by atoms with Gasteiger partial charge in [-0.05, 0) is 46.9 Å². The second kappa shape index (κ2) is 9.14. The molecule has 23 heavy (non-hydrogen) atoms.